The van der Waals surface area contributed by atoms with E-state index in [1.807, 2.05) is 12.1 Å². The van der Waals surface area contributed by atoms with E-state index in [4.69, 9.17) is 10.8 Å². The Hall–Kier alpha value is -1.69. The van der Waals surface area contributed by atoms with Gasteiger partial charge in [0.1, 0.15) is 5.76 Å². The van der Waals surface area contributed by atoms with Gasteiger partial charge in [0.25, 0.3) is 0 Å². The van der Waals surface area contributed by atoms with Crippen LogP contribution in [0.5, 0.6) is 0 Å². The molecule has 1 aliphatic carbocycles. The van der Waals surface area contributed by atoms with Crippen LogP contribution in [0.25, 0.3) is 0 Å². The van der Waals surface area contributed by atoms with Crippen molar-refractivity contribution in [3.05, 3.63) is 24.2 Å². The Morgan fingerprint density at radius 2 is 2.41 bits per heavy atom. The Kier molecular flexibility index (Phi) is 3.87. The summed E-state index contributed by atoms with van der Waals surface area (Å²) >= 11 is 0. The number of carbonyl (C=O) groups is 1. The maximum absolute atomic E-state index is 12.0. The second kappa shape index (κ2) is 5.58. The highest BCUT2D eigenvalue weighted by Crippen LogP contribution is 2.29. The zero-order valence-electron chi connectivity index (χ0n) is 9.89. The number of rotatable bonds is 6. The van der Waals surface area contributed by atoms with Crippen molar-refractivity contribution in [2.75, 3.05) is 13.1 Å². The summed E-state index contributed by atoms with van der Waals surface area (Å²) in [5.41, 5.74) is 0. The molecule has 0 saturated heterocycles. The van der Waals surface area contributed by atoms with Crippen molar-refractivity contribution in [3.63, 3.8) is 0 Å². The number of hydrogen-bond acceptors (Lipinski definition) is 2. The van der Waals surface area contributed by atoms with Crippen molar-refractivity contribution in [2.24, 2.45) is 5.92 Å². The molecule has 0 radical (unpaired) electrons. The third kappa shape index (κ3) is 3.67. The molecule has 17 heavy (non-hydrogen) atoms. The summed E-state index contributed by atoms with van der Waals surface area (Å²) in [5.74, 6) is 4.22. The molecule has 0 spiro atoms. The van der Waals surface area contributed by atoms with Crippen LogP contribution in [-0.4, -0.2) is 23.9 Å². The van der Waals surface area contributed by atoms with Crippen LogP contribution in [0.4, 0.5) is 0 Å². The fraction of sp³-hybridized carbons (Fsp3) is 0.500. The average Bonchev–Trinajstić information content (AvgIpc) is 2.99. The van der Waals surface area contributed by atoms with Crippen molar-refractivity contribution in [1.29, 1.82) is 0 Å². The second-order valence-corrected chi connectivity index (χ2v) is 4.50. The van der Waals surface area contributed by atoms with Gasteiger partial charge in [-0.25, -0.2) is 0 Å². The lowest BCUT2D eigenvalue weighted by molar-refractivity contribution is -0.130. The van der Waals surface area contributed by atoms with Gasteiger partial charge in [-0.2, -0.15) is 0 Å². The third-order valence-electron chi connectivity index (χ3n) is 2.98. The predicted molar refractivity (Wildman–Crippen MR) is 65.2 cm³/mol. The van der Waals surface area contributed by atoms with E-state index < -0.39 is 0 Å². The predicted octanol–water partition coefficient (Wildman–Crippen LogP) is 2.08. The summed E-state index contributed by atoms with van der Waals surface area (Å²) in [6.45, 7) is 1.24. The lowest BCUT2D eigenvalue weighted by Gasteiger charge is -2.19. The van der Waals surface area contributed by atoms with Crippen molar-refractivity contribution in [2.45, 2.75) is 25.7 Å². The van der Waals surface area contributed by atoms with Gasteiger partial charge in [0.05, 0.1) is 12.8 Å². The van der Waals surface area contributed by atoms with Gasteiger partial charge < -0.3 is 9.32 Å². The smallest absolute Gasteiger partial charge is 0.223 e. The molecule has 90 valence electrons. The van der Waals surface area contributed by atoms with Crippen molar-refractivity contribution < 1.29 is 9.21 Å². The molecular formula is C14H17NO2. The van der Waals surface area contributed by atoms with Gasteiger partial charge in [0, 0.05) is 19.4 Å². The van der Waals surface area contributed by atoms with Crippen LogP contribution < -0.4 is 0 Å². The molecule has 2 rings (SSSR count). The molecule has 1 aromatic rings. The first-order valence-corrected chi connectivity index (χ1v) is 6.03. The van der Waals surface area contributed by atoms with Gasteiger partial charge in [0.15, 0.2) is 0 Å². The first-order valence-electron chi connectivity index (χ1n) is 6.03. The number of amides is 1. The van der Waals surface area contributed by atoms with E-state index in [1.165, 1.54) is 12.8 Å². The maximum atomic E-state index is 12.0. The van der Waals surface area contributed by atoms with Gasteiger partial charge in [-0.15, -0.1) is 6.42 Å². The van der Waals surface area contributed by atoms with E-state index in [9.17, 15) is 4.79 Å². The fourth-order valence-corrected chi connectivity index (χ4v) is 1.82. The van der Waals surface area contributed by atoms with Crippen LogP contribution in [0, 0.1) is 18.3 Å². The van der Waals surface area contributed by atoms with E-state index >= 15 is 0 Å². The Balaban J connectivity index is 1.80. The standard InChI is InChI=1S/C14H17NO2/c1-2-9-15(11-12-5-6-12)14(16)8-7-13-4-3-10-17-13/h1,3-4,10,12H,5-9,11H2. The number of aryl methyl sites for hydroxylation is 1. The monoisotopic (exact) mass is 231 g/mol. The molecule has 1 aliphatic rings. The fourth-order valence-electron chi connectivity index (χ4n) is 1.82. The zero-order chi connectivity index (χ0) is 12.1. The molecule has 0 atom stereocenters. The van der Waals surface area contributed by atoms with E-state index in [0.717, 1.165) is 12.3 Å². The van der Waals surface area contributed by atoms with Gasteiger partial charge in [-0.1, -0.05) is 5.92 Å². The quantitative estimate of drug-likeness (QED) is 0.702. The SMILES string of the molecule is C#CCN(CC1CC1)C(=O)CCc1ccco1. The number of carbonyl (C=O) groups excluding carboxylic acids is 1. The maximum Gasteiger partial charge on any atom is 0.223 e. The minimum atomic E-state index is 0.131. The molecule has 1 fully saturated rings. The highest BCUT2D eigenvalue weighted by Gasteiger charge is 2.26. The minimum absolute atomic E-state index is 0.131. The second-order valence-electron chi connectivity index (χ2n) is 4.50. The number of nitrogens with zero attached hydrogens (tertiary/aromatic N) is 1. The Morgan fingerprint density at radius 1 is 1.59 bits per heavy atom. The van der Waals surface area contributed by atoms with E-state index in [1.54, 1.807) is 11.2 Å². The molecule has 0 unspecified atom stereocenters. The lowest BCUT2D eigenvalue weighted by atomic mass is 10.2. The summed E-state index contributed by atoms with van der Waals surface area (Å²) in [6.07, 6.45) is 10.5. The summed E-state index contributed by atoms with van der Waals surface area (Å²) in [7, 11) is 0. The van der Waals surface area contributed by atoms with Crippen LogP contribution in [0.3, 0.4) is 0 Å². The Bertz CT molecular complexity index is 398. The number of furan rings is 1. The lowest BCUT2D eigenvalue weighted by Crippen LogP contribution is -2.33. The van der Waals surface area contributed by atoms with Gasteiger partial charge >= 0.3 is 0 Å². The molecule has 1 amide bonds. The molecule has 0 aliphatic heterocycles. The van der Waals surface area contributed by atoms with Crippen molar-refractivity contribution in [3.8, 4) is 12.3 Å². The van der Waals surface area contributed by atoms with Gasteiger partial charge in [-0.3, -0.25) is 4.79 Å². The van der Waals surface area contributed by atoms with Crippen LogP contribution in [0.15, 0.2) is 22.8 Å². The van der Waals surface area contributed by atoms with Gasteiger partial charge in [-0.05, 0) is 30.9 Å². The topological polar surface area (TPSA) is 33.5 Å². The summed E-state index contributed by atoms with van der Waals surface area (Å²) in [4.78, 5) is 13.8. The summed E-state index contributed by atoms with van der Waals surface area (Å²) in [5, 5.41) is 0. The molecular weight excluding hydrogens is 214 g/mol. The van der Waals surface area contributed by atoms with Crippen LogP contribution in [0.2, 0.25) is 0 Å². The summed E-state index contributed by atoms with van der Waals surface area (Å²) in [6, 6.07) is 3.73. The largest absolute Gasteiger partial charge is 0.469 e. The Labute approximate surface area is 102 Å². The molecule has 1 heterocycles. The molecule has 3 nitrogen and oxygen atoms in total. The van der Waals surface area contributed by atoms with E-state index in [2.05, 4.69) is 5.92 Å². The molecule has 0 bridgehead atoms. The zero-order valence-corrected chi connectivity index (χ0v) is 9.89. The first kappa shape index (κ1) is 11.8. The number of hydrogen-bond donors (Lipinski definition) is 0. The van der Waals surface area contributed by atoms with E-state index in [-0.39, 0.29) is 5.91 Å². The number of terminal acetylenes is 1. The van der Waals surface area contributed by atoms with Gasteiger partial charge in [0.2, 0.25) is 5.91 Å². The molecule has 0 aromatic carbocycles. The van der Waals surface area contributed by atoms with Crippen LogP contribution in [-0.2, 0) is 11.2 Å². The van der Waals surface area contributed by atoms with Crippen molar-refractivity contribution >= 4 is 5.91 Å². The Morgan fingerprint density at radius 3 is 3.00 bits per heavy atom. The van der Waals surface area contributed by atoms with Crippen molar-refractivity contribution in [1.82, 2.24) is 4.90 Å². The summed E-state index contributed by atoms with van der Waals surface area (Å²) < 4.78 is 5.21. The third-order valence-corrected chi connectivity index (χ3v) is 2.98. The molecule has 0 N–H and O–H groups in total. The van der Waals surface area contributed by atoms with Crippen LogP contribution in [0.1, 0.15) is 25.0 Å². The van der Waals surface area contributed by atoms with E-state index in [0.29, 0.717) is 25.3 Å². The first-order chi connectivity index (χ1) is 8.29. The average molecular weight is 231 g/mol. The minimum Gasteiger partial charge on any atom is -0.469 e. The highest BCUT2D eigenvalue weighted by atomic mass is 16.3. The molecule has 1 aromatic heterocycles. The van der Waals surface area contributed by atoms with Crippen LogP contribution >= 0.6 is 0 Å². The normalized spacial score (nSPS) is 14.3. The molecule has 1 saturated carbocycles. The highest BCUT2D eigenvalue weighted by molar-refractivity contribution is 5.76. The molecule has 3 heteroatoms.